The highest BCUT2D eigenvalue weighted by Crippen LogP contribution is 2.39. The third kappa shape index (κ3) is 3.81. The first-order valence-corrected chi connectivity index (χ1v) is 6.79. The van der Waals surface area contributed by atoms with E-state index in [9.17, 15) is 14.9 Å². The number of non-ortho nitro benzene ring substituents is 1. The number of anilines is 1. The van der Waals surface area contributed by atoms with E-state index in [-0.39, 0.29) is 5.69 Å². The van der Waals surface area contributed by atoms with Crippen LogP contribution in [0.2, 0.25) is 0 Å². The molecule has 0 aliphatic heterocycles. The minimum absolute atomic E-state index is 0.0445. The summed E-state index contributed by atoms with van der Waals surface area (Å²) in [5, 5.41) is 19.6. The lowest BCUT2D eigenvalue weighted by atomic mass is 10.1. The summed E-state index contributed by atoms with van der Waals surface area (Å²) in [4.78, 5) is 23.1. The van der Waals surface area contributed by atoms with Crippen molar-refractivity contribution in [1.82, 2.24) is 0 Å². The Morgan fingerprint density at radius 1 is 1.57 bits per heavy atom. The number of hydrogen-bond donors (Lipinski definition) is 1. The Labute approximate surface area is 122 Å². The molecule has 0 spiro atoms. The van der Waals surface area contributed by atoms with E-state index >= 15 is 0 Å². The number of benzene rings is 1. The van der Waals surface area contributed by atoms with Crippen LogP contribution < -0.4 is 4.90 Å². The van der Waals surface area contributed by atoms with Crippen molar-refractivity contribution >= 4 is 23.4 Å². The van der Waals surface area contributed by atoms with Crippen LogP contribution in [0.4, 0.5) is 11.4 Å². The van der Waals surface area contributed by atoms with E-state index in [1.165, 1.54) is 24.6 Å². The number of hydrogen-bond acceptors (Lipinski definition) is 4. The molecule has 0 aromatic heterocycles. The first kappa shape index (κ1) is 15.0. The predicted octanol–water partition coefficient (Wildman–Crippen LogP) is 2.78. The number of aliphatic carboxylic acids is 1. The predicted molar refractivity (Wildman–Crippen MR) is 80.3 cm³/mol. The van der Waals surface area contributed by atoms with Crippen molar-refractivity contribution in [2.75, 3.05) is 18.5 Å². The van der Waals surface area contributed by atoms with E-state index < -0.39 is 10.9 Å². The van der Waals surface area contributed by atoms with Crippen molar-refractivity contribution in [3.63, 3.8) is 0 Å². The van der Waals surface area contributed by atoms with Gasteiger partial charge < -0.3 is 10.0 Å². The van der Waals surface area contributed by atoms with Gasteiger partial charge in [-0.15, -0.1) is 0 Å². The van der Waals surface area contributed by atoms with Gasteiger partial charge in [-0.25, -0.2) is 4.79 Å². The maximum atomic E-state index is 10.9. The van der Waals surface area contributed by atoms with Crippen LogP contribution in [0.25, 0.3) is 6.08 Å². The topological polar surface area (TPSA) is 83.7 Å². The third-order valence-corrected chi connectivity index (χ3v) is 3.82. The minimum Gasteiger partial charge on any atom is -0.478 e. The van der Waals surface area contributed by atoms with Gasteiger partial charge in [-0.05, 0) is 30.4 Å². The molecular weight excluding hydrogens is 272 g/mol. The van der Waals surface area contributed by atoms with Crippen LogP contribution in [0.1, 0.15) is 18.9 Å². The van der Waals surface area contributed by atoms with Crippen molar-refractivity contribution < 1.29 is 14.8 Å². The number of rotatable bonds is 6. The van der Waals surface area contributed by atoms with E-state index in [2.05, 4.69) is 6.92 Å². The second kappa shape index (κ2) is 5.95. The molecule has 112 valence electrons. The second-order valence-electron chi connectivity index (χ2n) is 5.53. The highest BCUT2D eigenvalue weighted by Gasteiger charge is 2.33. The Morgan fingerprint density at radius 2 is 2.24 bits per heavy atom. The van der Waals surface area contributed by atoms with Gasteiger partial charge in [-0.3, -0.25) is 10.1 Å². The van der Waals surface area contributed by atoms with Gasteiger partial charge in [0.05, 0.1) is 4.92 Å². The van der Waals surface area contributed by atoms with E-state index in [4.69, 9.17) is 5.11 Å². The van der Waals surface area contributed by atoms with Crippen LogP contribution in [0, 0.1) is 22.0 Å². The number of carboxylic acids is 1. The van der Waals surface area contributed by atoms with Gasteiger partial charge in [0, 0.05) is 43.1 Å². The fourth-order valence-electron chi connectivity index (χ4n) is 2.40. The van der Waals surface area contributed by atoms with Crippen molar-refractivity contribution in [3.05, 3.63) is 40.0 Å². The lowest BCUT2D eigenvalue weighted by Crippen LogP contribution is -2.21. The summed E-state index contributed by atoms with van der Waals surface area (Å²) in [5.74, 6) is 0.274. The van der Waals surface area contributed by atoms with Gasteiger partial charge in [-0.2, -0.15) is 0 Å². The fourth-order valence-corrected chi connectivity index (χ4v) is 2.40. The molecule has 0 saturated heterocycles. The molecule has 0 radical (unpaired) electrons. The third-order valence-electron chi connectivity index (χ3n) is 3.82. The van der Waals surface area contributed by atoms with Gasteiger partial charge in [0.15, 0.2) is 0 Å². The summed E-state index contributed by atoms with van der Waals surface area (Å²) in [5.41, 5.74) is 1.30. The highest BCUT2D eigenvalue weighted by atomic mass is 16.6. The van der Waals surface area contributed by atoms with Crippen LogP contribution >= 0.6 is 0 Å². The molecule has 0 bridgehead atoms. The molecule has 1 aliphatic rings. The molecule has 1 N–H and O–H groups in total. The number of nitro groups is 1. The molecule has 0 amide bonds. The summed E-state index contributed by atoms with van der Waals surface area (Å²) in [7, 11) is 1.92. The average molecular weight is 290 g/mol. The molecule has 2 unspecified atom stereocenters. The standard InChI is InChI=1S/C15H18N2O4/c1-10-7-12(10)9-16(2)14-5-4-13(17(20)21)8-11(14)3-6-15(18)19/h3-6,8,10,12H,7,9H2,1-2H3,(H,18,19). The smallest absolute Gasteiger partial charge is 0.328 e. The van der Waals surface area contributed by atoms with E-state index in [0.29, 0.717) is 17.4 Å². The molecule has 6 nitrogen and oxygen atoms in total. The molecule has 6 heteroatoms. The van der Waals surface area contributed by atoms with Crippen molar-refractivity contribution in [1.29, 1.82) is 0 Å². The largest absolute Gasteiger partial charge is 0.478 e. The monoisotopic (exact) mass is 290 g/mol. The number of carbonyl (C=O) groups is 1. The van der Waals surface area contributed by atoms with Gasteiger partial charge in [0.1, 0.15) is 0 Å². The average Bonchev–Trinajstić information content (AvgIpc) is 3.11. The second-order valence-corrected chi connectivity index (χ2v) is 5.53. The first-order chi connectivity index (χ1) is 9.88. The lowest BCUT2D eigenvalue weighted by molar-refractivity contribution is -0.384. The lowest BCUT2D eigenvalue weighted by Gasteiger charge is -2.21. The molecule has 1 aromatic carbocycles. The van der Waals surface area contributed by atoms with Crippen LogP contribution in [0.15, 0.2) is 24.3 Å². The van der Waals surface area contributed by atoms with Crippen LogP contribution in [-0.4, -0.2) is 29.6 Å². The summed E-state index contributed by atoms with van der Waals surface area (Å²) in [6.07, 6.45) is 3.59. The summed E-state index contributed by atoms with van der Waals surface area (Å²) >= 11 is 0. The molecule has 1 fully saturated rings. The van der Waals surface area contributed by atoms with Gasteiger partial charge in [0.25, 0.3) is 5.69 Å². The molecule has 1 aliphatic carbocycles. The van der Waals surface area contributed by atoms with Crippen molar-refractivity contribution in [2.45, 2.75) is 13.3 Å². The Bertz CT molecular complexity index is 597. The molecule has 2 atom stereocenters. The normalized spacial score (nSPS) is 20.5. The molecule has 1 saturated carbocycles. The van der Waals surface area contributed by atoms with Crippen molar-refractivity contribution in [2.24, 2.45) is 11.8 Å². The van der Waals surface area contributed by atoms with Crippen LogP contribution in [-0.2, 0) is 4.79 Å². The quantitative estimate of drug-likeness (QED) is 0.495. The zero-order valence-electron chi connectivity index (χ0n) is 12.0. The number of carboxylic acid groups (broad SMARTS) is 1. The van der Waals surface area contributed by atoms with Crippen LogP contribution in [0.3, 0.4) is 0 Å². The van der Waals surface area contributed by atoms with Gasteiger partial charge in [0.2, 0.25) is 0 Å². The highest BCUT2D eigenvalue weighted by molar-refractivity contribution is 5.87. The Kier molecular flexibility index (Phi) is 4.26. The van der Waals surface area contributed by atoms with Crippen LogP contribution in [0.5, 0.6) is 0 Å². The molecular formula is C15H18N2O4. The Morgan fingerprint density at radius 3 is 2.76 bits per heavy atom. The summed E-state index contributed by atoms with van der Waals surface area (Å²) < 4.78 is 0. The Hall–Kier alpha value is -2.37. The van der Waals surface area contributed by atoms with Crippen molar-refractivity contribution in [3.8, 4) is 0 Å². The van der Waals surface area contributed by atoms with E-state index in [1.54, 1.807) is 6.07 Å². The fraction of sp³-hybridized carbons (Fsp3) is 0.400. The zero-order chi connectivity index (χ0) is 15.6. The van der Waals surface area contributed by atoms with Gasteiger partial charge in [-0.1, -0.05) is 6.92 Å². The zero-order valence-corrected chi connectivity index (χ0v) is 12.0. The molecule has 2 rings (SSSR count). The maximum Gasteiger partial charge on any atom is 0.328 e. The molecule has 0 heterocycles. The summed E-state index contributed by atoms with van der Waals surface area (Å²) in [6.45, 7) is 3.06. The van der Waals surface area contributed by atoms with E-state index in [0.717, 1.165) is 18.3 Å². The number of nitrogens with zero attached hydrogens (tertiary/aromatic N) is 2. The van der Waals surface area contributed by atoms with Gasteiger partial charge >= 0.3 is 5.97 Å². The number of nitro benzene ring substituents is 1. The Balaban J connectivity index is 2.29. The minimum atomic E-state index is -1.08. The maximum absolute atomic E-state index is 10.9. The first-order valence-electron chi connectivity index (χ1n) is 6.79. The molecule has 1 aromatic rings. The molecule has 21 heavy (non-hydrogen) atoms. The summed E-state index contributed by atoms with van der Waals surface area (Å²) in [6, 6.07) is 4.52. The SMILES string of the molecule is CC1CC1CN(C)c1ccc([N+](=O)[O-])cc1C=CC(=O)O. The van der Waals surface area contributed by atoms with E-state index in [1.807, 2.05) is 11.9 Å².